The fourth-order valence-corrected chi connectivity index (χ4v) is 2.62. The molecule has 0 saturated heterocycles. The van der Waals surface area contributed by atoms with Gasteiger partial charge in [0.1, 0.15) is 0 Å². The van der Waals surface area contributed by atoms with E-state index in [9.17, 15) is 0 Å². The molecule has 3 aromatic rings. The van der Waals surface area contributed by atoms with Crippen LogP contribution in [0, 0.1) is 0 Å². The highest BCUT2D eigenvalue weighted by molar-refractivity contribution is 5.81. The van der Waals surface area contributed by atoms with Crippen LogP contribution in [0.4, 0.5) is 0 Å². The molecule has 0 amide bonds. The number of aromatic nitrogens is 1. The number of hydrogen-bond donors (Lipinski definition) is 0. The molecule has 1 heteroatoms. The standard InChI is InChI=1S/C18H19N/c1-2-3-11-16-14-17(15-9-5-4-6-10-15)18-12-7-8-13-19(16)18/h4-10,12-14H,2-3,11H2,1H3. The van der Waals surface area contributed by atoms with E-state index in [0.717, 1.165) is 6.42 Å². The highest BCUT2D eigenvalue weighted by Gasteiger charge is 2.09. The molecule has 0 aliphatic heterocycles. The van der Waals surface area contributed by atoms with Crippen molar-refractivity contribution in [1.29, 1.82) is 0 Å². The van der Waals surface area contributed by atoms with E-state index in [1.807, 2.05) is 0 Å². The lowest BCUT2D eigenvalue weighted by Crippen LogP contribution is -1.91. The van der Waals surface area contributed by atoms with Crippen molar-refractivity contribution in [1.82, 2.24) is 4.40 Å². The molecule has 0 unspecified atom stereocenters. The molecule has 3 rings (SSSR count). The summed E-state index contributed by atoms with van der Waals surface area (Å²) in [6, 6.07) is 19.4. The fraction of sp³-hybridized carbons (Fsp3) is 0.222. The summed E-state index contributed by atoms with van der Waals surface area (Å²) in [5.41, 5.74) is 5.36. The third kappa shape index (κ3) is 2.28. The van der Waals surface area contributed by atoms with Crippen LogP contribution in [0.15, 0.2) is 60.8 Å². The Morgan fingerprint density at radius 2 is 1.74 bits per heavy atom. The molecule has 0 saturated carbocycles. The number of benzene rings is 1. The molecule has 1 nitrogen and oxygen atoms in total. The van der Waals surface area contributed by atoms with Crippen molar-refractivity contribution < 1.29 is 0 Å². The summed E-state index contributed by atoms with van der Waals surface area (Å²) in [5.74, 6) is 0. The van der Waals surface area contributed by atoms with E-state index in [0.29, 0.717) is 0 Å². The number of rotatable bonds is 4. The van der Waals surface area contributed by atoms with Crippen LogP contribution in [0.2, 0.25) is 0 Å². The quantitative estimate of drug-likeness (QED) is 0.616. The van der Waals surface area contributed by atoms with Crippen molar-refractivity contribution >= 4 is 5.52 Å². The van der Waals surface area contributed by atoms with Crippen LogP contribution in [0.5, 0.6) is 0 Å². The molecule has 2 aromatic heterocycles. The van der Waals surface area contributed by atoms with Gasteiger partial charge in [-0.15, -0.1) is 0 Å². The maximum Gasteiger partial charge on any atom is 0.0531 e. The van der Waals surface area contributed by atoms with Crippen molar-refractivity contribution in [2.45, 2.75) is 26.2 Å². The predicted octanol–water partition coefficient (Wildman–Crippen LogP) is 4.95. The van der Waals surface area contributed by atoms with Crippen LogP contribution in [0.1, 0.15) is 25.5 Å². The van der Waals surface area contributed by atoms with Crippen molar-refractivity contribution in [2.24, 2.45) is 0 Å². The zero-order chi connectivity index (χ0) is 13.1. The Labute approximate surface area is 114 Å². The van der Waals surface area contributed by atoms with Gasteiger partial charge in [0.15, 0.2) is 0 Å². The first kappa shape index (κ1) is 12.0. The first-order valence-electron chi connectivity index (χ1n) is 7.04. The normalized spacial score (nSPS) is 11.0. The average Bonchev–Trinajstić information content (AvgIpc) is 2.85. The molecule has 0 radical (unpaired) electrons. The molecule has 0 aliphatic carbocycles. The number of hydrogen-bond acceptors (Lipinski definition) is 0. The zero-order valence-corrected chi connectivity index (χ0v) is 11.3. The van der Waals surface area contributed by atoms with E-state index >= 15 is 0 Å². The van der Waals surface area contributed by atoms with Crippen molar-refractivity contribution in [3.63, 3.8) is 0 Å². The Kier molecular flexibility index (Phi) is 3.37. The van der Waals surface area contributed by atoms with E-state index < -0.39 is 0 Å². The summed E-state index contributed by atoms with van der Waals surface area (Å²) in [7, 11) is 0. The minimum absolute atomic E-state index is 1.15. The number of aryl methyl sites for hydroxylation is 1. The summed E-state index contributed by atoms with van der Waals surface area (Å²) in [4.78, 5) is 0. The molecule has 0 spiro atoms. The summed E-state index contributed by atoms with van der Waals surface area (Å²) in [5, 5.41) is 0. The van der Waals surface area contributed by atoms with Gasteiger partial charge in [-0.3, -0.25) is 0 Å². The van der Waals surface area contributed by atoms with Crippen LogP contribution in [-0.2, 0) is 6.42 Å². The molecule has 0 atom stereocenters. The maximum atomic E-state index is 2.35. The minimum atomic E-state index is 1.15. The monoisotopic (exact) mass is 249 g/mol. The van der Waals surface area contributed by atoms with Crippen LogP contribution < -0.4 is 0 Å². The lowest BCUT2D eigenvalue weighted by atomic mass is 10.1. The predicted molar refractivity (Wildman–Crippen MR) is 81.4 cm³/mol. The average molecular weight is 249 g/mol. The molecule has 2 heterocycles. The fourth-order valence-electron chi connectivity index (χ4n) is 2.62. The Hall–Kier alpha value is -2.02. The molecule has 0 bridgehead atoms. The lowest BCUT2D eigenvalue weighted by molar-refractivity contribution is 0.771. The van der Waals surface area contributed by atoms with Gasteiger partial charge in [0, 0.05) is 17.5 Å². The Balaban J connectivity index is 2.15. The van der Waals surface area contributed by atoms with Gasteiger partial charge in [0.05, 0.1) is 5.52 Å². The zero-order valence-electron chi connectivity index (χ0n) is 11.3. The molecule has 0 aliphatic rings. The number of unbranched alkanes of at least 4 members (excludes halogenated alkanes) is 1. The van der Waals surface area contributed by atoms with Crippen LogP contribution in [0.25, 0.3) is 16.6 Å². The number of pyridine rings is 1. The van der Waals surface area contributed by atoms with Gasteiger partial charge < -0.3 is 4.40 Å². The molecular formula is C18H19N. The molecule has 0 fully saturated rings. The summed E-state index contributed by atoms with van der Waals surface area (Å²) < 4.78 is 2.33. The summed E-state index contributed by atoms with van der Waals surface area (Å²) in [6.45, 7) is 2.24. The van der Waals surface area contributed by atoms with Gasteiger partial charge in [-0.2, -0.15) is 0 Å². The first-order valence-corrected chi connectivity index (χ1v) is 7.04. The highest BCUT2D eigenvalue weighted by atomic mass is 14.9. The Morgan fingerprint density at radius 1 is 0.947 bits per heavy atom. The van der Waals surface area contributed by atoms with Gasteiger partial charge in [0.25, 0.3) is 0 Å². The van der Waals surface area contributed by atoms with Gasteiger partial charge in [0.2, 0.25) is 0 Å². The second-order valence-corrected chi connectivity index (χ2v) is 4.97. The van der Waals surface area contributed by atoms with Crippen molar-refractivity contribution in [3.8, 4) is 11.1 Å². The maximum absolute atomic E-state index is 2.35. The van der Waals surface area contributed by atoms with Crippen LogP contribution in [0.3, 0.4) is 0 Å². The van der Waals surface area contributed by atoms with Crippen molar-refractivity contribution in [3.05, 3.63) is 66.5 Å². The Morgan fingerprint density at radius 3 is 2.53 bits per heavy atom. The SMILES string of the molecule is CCCCc1cc(-c2ccccc2)c2ccccn12. The van der Waals surface area contributed by atoms with Gasteiger partial charge in [-0.1, -0.05) is 49.7 Å². The Bertz CT molecular complexity index is 664. The summed E-state index contributed by atoms with van der Waals surface area (Å²) >= 11 is 0. The van der Waals surface area contributed by atoms with Gasteiger partial charge in [-0.25, -0.2) is 0 Å². The van der Waals surface area contributed by atoms with Gasteiger partial charge in [-0.05, 0) is 36.6 Å². The second kappa shape index (κ2) is 5.31. The highest BCUT2D eigenvalue weighted by Crippen LogP contribution is 2.28. The smallest absolute Gasteiger partial charge is 0.0531 e. The molecule has 0 N–H and O–H groups in total. The van der Waals surface area contributed by atoms with E-state index in [2.05, 4.69) is 72.1 Å². The number of nitrogens with zero attached hydrogens (tertiary/aromatic N) is 1. The lowest BCUT2D eigenvalue weighted by Gasteiger charge is -2.01. The molecular weight excluding hydrogens is 230 g/mol. The third-order valence-corrected chi connectivity index (χ3v) is 3.63. The van der Waals surface area contributed by atoms with E-state index in [-0.39, 0.29) is 0 Å². The van der Waals surface area contributed by atoms with E-state index in [1.54, 1.807) is 0 Å². The topological polar surface area (TPSA) is 4.41 Å². The van der Waals surface area contributed by atoms with E-state index in [1.165, 1.54) is 35.2 Å². The summed E-state index contributed by atoms with van der Waals surface area (Å²) in [6.07, 6.45) is 5.80. The molecule has 1 aromatic carbocycles. The second-order valence-electron chi connectivity index (χ2n) is 4.97. The van der Waals surface area contributed by atoms with E-state index in [4.69, 9.17) is 0 Å². The number of fused-ring (bicyclic) bond motifs is 1. The van der Waals surface area contributed by atoms with Gasteiger partial charge >= 0.3 is 0 Å². The largest absolute Gasteiger partial charge is 0.320 e. The minimum Gasteiger partial charge on any atom is -0.320 e. The van der Waals surface area contributed by atoms with Crippen LogP contribution in [-0.4, -0.2) is 4.40 Å². The van der Waals surface area contributed by atoms with Crippen molar-refractivity contribution in [2.75, 3.05) is 0 Å². The third-order valence-electron chi connectivity index (χ3n) is 3.63. The first-order chi connectivity index (χ1) is 9.40. The van der Waals surface area contributed by atoms with Crippen LogP contribution >= 0.6 is 0 Å². The molecule has 96 valence electrons. The molecule has 19 heavy (non-hydrogen) atoms.